The molecule has 0 fully saturated rings. The predicted octanol–water partition coefficient (Wildman–Crippen LogP) is 3.09. The van der Waals surface area contributed by atoms with Crippen LogP contribution in [0.15, 0.2) is 54.6 Å². The lowest BCUT2D eigenvalue weighted by Gasteiger charge is -2.07. The van der Waals surface area contributed by atoms with Crippen LogP contribution >= 0.6 is 11.8 Å². The summed E-state index contributed by atoms with van der Waals surface area (Å²) in [6, 6.07) is 17.8. The number of esters is 1. The Morgan fingerprint density at radius 3 is 2.42 bits per heavy atom. The molecule has 4 nitrogen and oxygen atoms in total. The molecule has 1 amide bonds. The predicted molar refractivity (Wildman–Crippen MR) is 96.6 cm³/mol. The number of rotatable bonds is 8. The van der Waals surface area contributed by atoms with Crippen molar-refractivity contribution in [1.29, 1.82) is 0 Å². The summed E-state index contributed by atoms with van der Waals surface area (Å²) in [4.78, 5) is 23.3. The fourth-order valence-electron chi connectivity index (χ4n) is 1.97. The Hall–Kier alpha value is -2.27. The molecule has 0 aliphatic heterocycles. The zero-order valence-electron chi connectivity index (χ0n) is 13.7. The Morgan fingerprint density at radius 2 is 1.71 bits per heavy atom. The number of carbonyl (C=O) groups is 2. The van der Waals surface area contributed by atoms with E-state index in [1.165, 1.54) is 22.9 Å². The lowest BCUT2D eigenvalue weighted by atomic mass is 10.2. The van der Waals surface area contributed by atoms with Crippen molar-refractivity contribution >= 4 is 23.6 Å². The summed E-state index contributed by atoms with van der Waals surface area (Å²) in [6.07, 6.45) is 0. The van der Waals surface area contributed by atoms with Crippen molar-refractivity contribution in [1.82, 2.24) is 5.32 Å². The molecule has 1 N–H and O–H groups in total. The maximum absolute atomic E-state index is 11.7. The second-order valence-electron chi connectivity index (χ2n) is 5.40. The van der Waals surface area contributed by atoms with Gasteiger partial charge in [0, 0.05) is 12.3 Å². The summed E-state index contributed by atoms with van der Waals surface area (Å²) in [5, 5.41) is 2.72. The van der Waals surface area contributed by atoms with E-state index in [0.29, 0.717) is 6.54 Å². The highest BCUT2D eigenvalue weighted by Crippen LogP contribution is 2.13. The normalized spacial score (nSPS) is 10.2. The first kappa shape index (κ1) is 18.1. The highest BCUT2D eigenvalue weighted by Gasteiger charge is 2.07. The van der Waals surface area contributed by atoms with Crippen LogP contribution in [0.4, 0.5) is 0 Å². The maximum Gasteiger partial charge on any atom is 0.316 e. The molecule has 0 aliphatic rings. The molecule has 0 atom stereocenters. The summed E-state index contributed by atoms with van der Waals surface area (Å²) in [5.74, 6) is 0.313. The van der Waals surface area contributed by atoms with Gasteiger partial charge < -0.3 is 10.1 Å². The van der Waals surface area contributed by atoms with Crippen molar-refractivity contribution in [2.75, 3.05) is 12.4 Å². The highest BCUT2D eigenvalue weighted by molar-refractivity contribution is 7.99. The molecule has 126 valence electrons. The van der Waals surface area contributed by atoms with Gasteiger partial charge in [0.15, 0.2) is 6.61 Å². The van der Waals surface area contributed by atoms with Gasteiger partial charge in [0.2, 0.25) is 0 Å². The molecular formula is C19H21NO3S. The quantitative estimate of drug-likeness (QED) is 0.749. The van der Waals surface area contributed by atoms with Gasteiger partial charge in [0.1, 0.15) is 0 Å². The monoisotopic (exact) mass is 343 g/mol. The van der Waals surface area contributed by atoms with Gasteiger partial charge in [-0.15, -0.1) is 11.8 Å². The minimum atomic E-state index is -0.373. The van der Waals surface area contributed by atoms with E-state index in [4.69, 9.17) is 4.74 Å². The Kier molecular flexibility index (Phi) is 7.36. The molecule has 2 rings (SSSR count). The van der Waals surface area contributed by atoms with Crippen LogP contribution in [0.25, 0.3) is 0 Å². The Morgan fingerprint density at radius 1 is 1.00 bits per heavy atom. The molecule has 2 aromatic rings. The van der Waals surface area contributed by atoms with E-state index in [9.17, 15) is 9.59 Å². The average Bonchev–Trinajstić information content (AvgIpc) is 2.61. The second kappa shape index (κ2) is 9.78. The van der Waals surface area contributed by atoms with Gasteiger partial charge >= 0.3 is 5.97 Å². The third kappa shape index (κ3) is 6.87. The molecule has 0 saturated heterocycles. The molecule has 0 spiro atoms. The van der Waals surface area contributed by atoms with Gasteiger partial charge in [-0.3, -0.25) is 9.59 Å². The van der Waals surface area contributed by atoms with Crippen LogP contribution in [0.3, 0.4) is 0 Å². The van der Waals surface area contributed by atoms with Crippen molar-refractivity contribution in [3.8, 4) is 0 Å². The van der Waals surface area contributed by atoms with Crippen LogP contribution in [0.5, 0.6) is 0 Å². The molecule has 0 unspecified atom stereocenters. The smallest absolute Gasteiger partial charge is 0.316 e. The van der Waals surface area contributed by atoms with E-state index >= 15 is 0 Å². The molecular weight excluding hydrogens is 322 g/mol. The number of thioether (sulfide) groups is 1. The third-order valence-electron chi connectivity index (χ3n) is 3.31. The number of nitrogens with one attached hydrogen (secondary N) is 1. The molecule has 0 radical (unpaired) electrons. The Labute approximate surface area is 146 Å². The van der Waals surface area contributed by atoms with Crippen LogP contribution in [-0.2, 0) is 26.6 Å². The van der Waals surface area contributed by atoms with Crippen molar-refractivity contribution in [2.45, 2.75) is 19.2 Å². The van der Waals surface area contributed by atoms with E-state index in [-0.39, 0.29) is 24.2 Å². The number of ether oxygens (including phenoxy) is 1. The molecule has 24 heavy (non-hydrogen) atoms. The average molecular weight is 343 g/mol. The minimum Gasteiger partial charge on any atom is -0.455 e. The lowest BCUT2D eigenvalue weighted by Crippen LogP contribution is -2.28. The molecule has 0 aliphatic carbocycles. The first-order valence-corrected chi connectivity index (χ1v) is 8.88. The summed E-state index contributed by atoms with van der Waals surface area (Å²) < 4.78 is 4.98. The summed E-state index contributed by atoms with van der Waals surface area (Å²) in [5.41, 5.74) is 3.38. The van der Waals surface area contributed by atoms with E-state index < -0.39 is 0 Å². The number of aryl methyl sites for hydroxylation is 1. The zero-order chi connectivity index (χ0) is 17.2. The molecule has 0 aromatic heterocycles. The summed E-state index contributed by atoms with van der Waals surface area (Å²) in [6.45, 7) is 2.23. The molecule has 0 heterocycles. The first-order valence-electron chi connectivity index (χ1n) is 7.73. The lowest BCUT2D eigenvalue weighted by molar-refractivity contribution is -0.145. The SMILES string of the molecule is Cc1ccc(CSCC(=O)OCC(=O)NCc2ccccc2)cc1. The zero-order valence-corrected chi connectivity index (χ0v) is 14.5. The fraction of sp³-hybridized carbons (Fsp3) is 0.263. The van der Waals surface area contributed by atoms with E-state index in [1.807, 2.05) is 61.5 Å². The van der Waals surface area contributed by atoms with E-state index in [2.05, 4.69) is 5.32 Å². The molecule has 0 saturated carbocycles. The standard InChI is InChI=1S/C19H21NO3S/c1-15-7-9-17(10-8-15)13-24-14-19(22)23-12-18(21)20-11-16-5-3-2-4-6-16/h2-10H,11-14H2,1H3,(H,20,21). The number of hydrogen-bond acceptors (Lipinski definition) is 4. The highest BCUT2D eigenvalue weighted by atomic mass is 32.2. The number of hydrogen-bond donors (Lipinski definition) is 1. The topological polar surface area (TPSA) is 55.4 Å². The fourth-order valence-corrected chi connectivity index (χ4v) is 2.75. The van der Waals surface area contributed by atoms with Crippen molar-refractivity contribution < 1.29 is 14.3 Å². The van der Waals surface area contributed by atoms with Crippen molar-refractivity contribution in [3.63, 3.8) is 0 Å². The minimum absolute atomic E-state index is 0.236. The largest absolute Gasteiger partial charge is 0.455 e. The molecule has 2 aromatic carbocycles. The van der Waals surface area contributed by atoms with Gasteiger partial charge in [-0.05, 0) is 18.1 Å². The van der Waals surface area contributed by atoms with Gasteiger partial charge in [-0.1, -0.05) is 60.2 Å². The Bertz CT molecular complexity index is 656. The van der Waals surface area contributed by atoms with Crippen LogP contribution in [0, 0.1) is 6.92 Å². The van der Waals surface area contributed by atoms with Crippen LogP contribution in [-0.4, -0.2) is 24.2 Å². The third-order valence-corrected chi connectivity index (χ3v) is 4.28. The number of benzene rings is 2. The van der Waals surface area contributed by atoms with Crippen molar-refractivity contribution in [2.24, 2.45) is 0 Å². The Balaban J connectivity index is 1.58. The van der Waals surface area contributed by atoms with Gasteiger partial charge in [0.25, 0.3) is 5.91 Å². The van der Waals surface area contributed by atoms with Crippen LogP contribution in [0.1, 0.15) is 16.7 Å². The van der Waals surface area contributed by atoms with Gasteiger partial charge in [-0.2, -0.15) is 0 Å². The first-order chi connectivity index (χ1) is 11.6. The van der Waals surface area contributed by atoms with Crippen LogP contribution < -0.4 is 5.32 Å². The van der Waals surface area contributed by atoms with Gasteiger partial charge in [0.05, 0.1) is 5.75 Å². The van der Waals surface area contributed by atoms with Crippen molar-refractivity contribution in [3.05, 3.63) is 71.3 Å². The van der Waals surface area contributed by atoms with Crippen LogP contribution in [0.2, 0.25) is 0 Å². The van der Waals surface area contributed by atoms with Gasteiger partial charge in [-0.25, -0.2) is 0 Å². The molecule has 0 bridgehead atoms. The molecule has 5 heteroatoms. The number of carbonyl (C=O) groups excluding carboxylic acids is 2. The van der Waals surface area contributed by atoms with E-state index in [0.717, 1.165) is 11.3 Å². The van der Waals surface area contributed by atoms with E-state index in [1.54, 1.807) is 0 Å². The maximum atomic E-state index is 11.7. The summed E-state index contributed by atoms with van der Waals surface area (Å²) in [7, 11) is 0. The summed E-state index contributed by atoms with van der Waals surface area (Å²) >= 11 is 1.48. The number of amides is 1. The second-order valence-corrected chi connectivity index (χ2v) is 6.39.